The molecule has 0 amide bonds. The van der Waals surface area contributed by atoms with E-state index in [1.807, 2.05) is 25.9 Å². The van der Waals surface area contributed by atoms with Gasteiger partial charge in [0.2, 0.25) is 0 Å². The van der Waals surface area contributed by atoms with Gasteiger partial charge < -0.3 is 24.8 Å². The molecule has 2 spiro atoms. The number of aryl methyl sites for hydroxylation is 1. The summed E-state index contributed by atoms with van der Waals surface area (Å²) in [6.45, 7) is 4.35. The summed E-state index contributed by atoms with van der Waals surface area (Å²) >= 11 is 0. The number of allylic oxidation sites excluding steroid dienone is 2. The Kier molecular flexibility index (Phi) is 4.67. The van der Waals surface area contributed by atoms with E-state index in [1.165, 1.54) is 11.1 Å². The Hall–Kier alpha value is -2.50. The van der Waals surface area contributed by atoms with E-state index in [2.05, 4.69) is 53.3 Å². The zero-order chi connectivity index (χ0) is 26.0. The van der Waals surface area contributed by atoms with E-state index < -0.39 is 28.8 Å². The lowest BCUT2D eigenvalue weighted by Gasteiger charge is -2.61. The minimum Gasteiger partial charge on any atom is -0.388 e. The zero-order valence-corrected chi connectivity index (χ0v) is 22.1. The molecule has 2 saturated carbocycles. The third-order valence-electron chi connectivity index (χ3n) is 10.9. The summed E-state index contributed by atoms with van der Waals surface area (Å²) in [7, 11) is 3.89. The predicted molar refractivity (Wildman–Crippen MR) is 140 cm³/mol. The summed E-state index contributed by atoms with van der Waals surface area (Å²) in [5.74, 6) is 1.08. The number of benzene rings is 1. The Morgan fingerprint density at radius 3 is 2.76 bits per heavy atom. The molecule has 1 saturated heterocycles. The van der Waals surface area contributed by atoms with Crippen LogP contribution in [0.5, 0.6) is 0 Å². The highest BCUT2D eigenvalue weighted by molar-refractivity contribution is 5.83. The van der Waals surface area contributed by atoms with E-state index in [0.717, 1.165) is 48.1 Å². The molecule has 3 aliphatic carbocycles. The van der Waals surface area contributed by atoms with Gasteiger partial charge in [0, 0.05) is 12.0 Å². The number of aromatic amines is 1. The topological polar surface area (TPSA) is 105 Å². The molecule has 8 unspecified atom stereocenters. The number of rotatable bonds is 2. The van der Waals surface area contributed by atoms with Crippen molar-refractivity contribution < 1.29 is 14.9 Å². The fourth-order valence-electron chi connectivity index (χ4n) is 8.99. The van der Waals surface area contributed by atoms with E-state index >= 15 is 0 Å². The second-order valence-electron chi connectivity index (χ2n) is 12.7. The molecular formula is C30H36N4O3. The van der Waals surface area contributed by atoms with E-state index in [1.54, 1.807) is 0 Å². The smallest absolute Gasteiger partial charge is 0.105 e. The predicted octanol–water partition coefficient (Wildman–Crippen LogP) is 3.87. The molecule has 1 aromatic carbocycles. The number of nitrogens with one attached hydrogen (secondary N) is 1. The first-order chi connectivity index (χ1) is 17.6. The van der Waals surface area contributed by atoms with Gasteiger partial charge in [0.25, 0.3) is 0 Å². The lowest BCUT2D eigenvalue weighted by molar-refractivity contribution is -0.223. The molecule has 2 aromatic rings. The average Bonchev–Trinajstić information content (AvgIpc) is 3.52. The fraction of sp³-hybridized carbons (Fsp3) is 0.600. The average molecular weight is 501 g/mol. The Balaban J connectivity index is 1.32. The van der Waals surface area contributed by atoms with Gasteiger partial charge in [-0.25, -0.2) is 4.98 Å². The molecule has 3 heterocycles. The Morgan fingerprint density at radius 1 is 1.19 bits per heavy atom. The Labute approximate surface area is 217 Å². The molecule has 3 fully saturated rings. The number of imidazole rings is 1. The normalized spacial score (nSPS) is 44.2. The lowest BCUT2D eigenvalue weighted by Crippen LogP contribution is -2.66. The summed E-state index contributed by atoms with van der Waals surface area (Å²) < 4.78 is 7.27. The number of H-pyrrole nitrogens is 1. The third-order valence-corrected chi connectivity index (χ3v) is 10.9. The number of aromatic nitrogens is 2. The van der Waals surface area contributed by atoms with Crippen LogP contribution in [0.15, 0.2) is 35.9 Å². The molecule has 2 bridgehead atoms. The number of hydrogen-bond acceptors (Lipinski definition) is 6. The minimum absolute atomic E-state index is 0.117. The summed E-state index contributed by atoms with van der Waals surface area (Å²) in [6, 6.07) is 9.00. The molecular weight excluding hydrogens is 464 g/mol. The van der Waals surface area contributed by atoms with Crippen molar-refractivity contribution in [2.24, 2.45) is 16.7 Å². The molecule has 194 valence electrons. The van der Waals surface area contributed by atoms with Crippen LogP contribution in [-0.2, 0) is 4.74 Å². The highest BCUT2D eigenvalue weighted by Gasteiger charge is 2.74. The zero-order valence-electron chi connectivity index (χ0n) is 22.1. The molecule has 2 aliphatic heterocycles. The highest BCUT2D eigenvalue weighted by Crippen LogP contribution is 2.72. The maximum absolute atomic E-state index is 11.3. The number of aliphatic hydroxyl groups is 2. The minimum atomic E-state index is -1.02. The molecule has 0 radical (unpaired) electrons. The fourth-order valence-corrected chi connectivity index (χ4v) is 8.99. The van der Waals surface area contributed by atoms with Crippen molar-refractivity contribution in [1.82, 2.24) is 14.9 Å². The molecule has 7 rings (SSSR count). The standard InChI is InChI=1S/C30H36N4O3/c1-17-32-21-7-5-18(13-22(21)33-17)19-6-8-24-27(19,2)9-10-28(16-31)14-20-25(35)26(36)23(34(3)4)15-29(20)11-12-30(24,28)37-29/h5-7,13-14,23-26,35-36H,8-12,15H2,1-4H3,(H,32,33). The number of ether oxygens (including phenoxy) is 1. The van der Waals surface area contributed by atoms with Crippen LogP contribution in [0, 0.1) is 35.0 Å². The molecule has 7 heteroatoms. The molecule has 8 atom stereocenters. The van der Waals surface area contributed by atoms with Gasteiger partial charge in [-0.05, 0) is 93.8 Å². The molecule has 3 N–H and O–H groups in total. The monoisotopic (exact) mass is 500 g/mol. The van der Waals surface area contributed by atoms with Crippen LogP contribution in [0.1, 0.15) is 56.8 Å². The van der Waals surface area contributed by atoms with E-state index in [9.17, 15) is 15.5 Å². The number of nitrogens with zero attached hydrogens (tertiary/aromatic N) is 3. The van der Waals surface area contributed by atoms with Gasteiger partial charge in [-0.1, -0.05) is 25.1 Å². The van der Waals surface area contributed by atoms with Crippen LogP contribution < -0.4 is 0 Å². The largest absolute Gasteiger partial charge is 0.388 e. The van der Waals surface area contributed by atoms with Crippen LogP contribution in [0.4, 0.5) is 0 Å². The van der Waals surface area contributed by atoms with E-state index in [-0.39, 0.29) is 17.4 Å². The first kappa shape index (κ1) is 23.6. The third kappa shape index (κ3) is 2.77. The van der Waals surface area contributed by atoms with Gasteiger partial charge in [-0.15, -0.1) is 0 Å². The van der Waals surface area contributed by atoms with Crippen molar-refractivity contribution in [2.75, 3.05) is 14.1 Å². The van der Waals surface area contributed by atoms with Crippen LogP contribution in [0.25, 0.3) is 16.6 Å². The van der Waals surface area contributed by atoms with Gasteiger partial charge in [-0.3, -0.25) is 0 Å². The van der Waals surface area contributed by atoms with Crippen LogP contribution in [0.2, 0.25) is 0 Å². The highest BCUT2D eigenvalue weighted by atomic mass is 16.5. The van der Waals surface area contributed by atoms with E-state index in [4.69, 9.17) is 4.74 Å². The molecule has 7 nitrogen and oxygen atoms in total. The first-order valence-corrected chi connectivity index (χ1v) is 13.6. The second kappa shape index (κ2) is 7.33. The summed E-state index contributed by atoms with van der Waals surface area (Å²) in [4.78, 5) is 9.95. The summed E-state index contributed by atoms with van der Waals surface area (Å²) in [6.07, 6.45) is 7.15. The number of nitriles is 1. The van der Waals surface area contributed by atoms with Crippen molar-refractivity contribution >= 4 is 16.6 Å². The number of likely N-dealkylation sites (N-methyl/N-ethyl adjacent to an activating group) is 1. The van der Waals surface area contributed by atoms with Gasteiger partial charge in [-0.2, -0.15) is 5.26 Å². The van der Waals surface area contributed by atoms with Gasteiger partial charge in [0.15, 0.2) is 0 Å². The Morgan fingerprint density at radius 2 is 2.00 bits per heavy atom. The molecule has 1 aromatic heterocycles. The van der Waals surface area contributed by atoms with Crippen molar-refractivity contribution in [3.63, 3.8) is 0 Å². The van der Waals surface area contributed by atoms with Crippen molar-refractivity contribution in [2.45, 2.75) is 81.8 Å². The van der Waals surface area contributed by atoms with Gasteiger partial charge >= 0.3 is 0 Å². The van der Waals surface area contributed by atoms with Crippen molar-refractivity contribution in [3.05, 3.63) is 47.3 Å². The maximum Gasteiger partial charge on any atom is 0.105 e. The van der Waals surface area contributed by atoms with Gasteiger partial charge in [0.05, 0.1) is 34.4 Å². The van der Waals surface area contributed by atoms with Crippen LogP contribution >= 0.6 is 0 Å². The van der Waals surface area contributed by atoms with Crippen molar-refractivity contribution in [3.8, 4) is 6.07 Å². The lowest BCUT2D eigenvalue weighted by atomic mass is 9.49. The number of aliphatic hydroxyl groups excluding tert-OH is 2. The summed E-state index contributed by atoms with van der Waals surface area (Å²) in [5, 5.41) is 33.0. The maximum atomic E-state index is 11.3. The van der Waals surface area contributed by atoms with Crippen molar-refractivity contribution in [1.29, 1.82) is 5.26 Å². The van der Waals surface area contributed by atoms with Crippen LogP contribution in [-0.4, -0.2) is 68.6 Å². The SMILES string of the molecule is Cc1nc2ccc(C3=CCC4C3(C)CCC3(C#N)C=C5C(O)C(O)C(N(C)C)CC56CCC43O6)cc2[nH]1. The van der Waals surface area contributed by atoms with Gasteiger partial charge in [0.1, 0.15) is 17.3 Å². The first-order valence-electron chi connectivity index (χ1n) is 13.6. The number of fused-ring (bicyclic) bond motifs is 2. The summed E-state index contributed by atoms with van der Waals surface area (Å²) in [5.41, 5.74) is 3.18. The second-order valence-corrected chi connectivity index (χ2v) is 12.7. The van der Waals surface area contributed by atoms with Crippen LogP contribution in [0.3, 0.4) is 0 Å². The molecule has 5 aliphatic rings. The quantitative estimate of drug-likeness (QED) is 0.541. The molecule has 37 heavy (non-hydrogen) atoms. The van der Waals surface area contributed by atoms with E-state index in [0.29, 0.717) is 12.8 Å². The Bertz CT molecular complexity index is 1420. The number of hydrogen-bond donors (Lipinski definition) is 3.